The molecule has 1 heterocycles. The Kier molecular flexibility index (Phi) is 4.14. The summed E-state index contributed by atoms with van der Waals surface area (Å²) >= 11 is 0. The molecule has 1 aromatic heterocycles. The Bertz CT molecular complexity index is 807. The summed E-state index contributed by atoms with van der Waals surface area (Å²) in [4.78, 5) is 7.27. The summed E-state index contributed by atoms with van der Waals surface area (Å²) < 4.78 is 0. The van der Waals surface area contributed by atoms with Gasteiger partial charge in [-0.25, -0.2) is 0 Å². The van der Waals surface area contributed by atoms with E-state index in [9.17, 15) is 0 Å². The average Bonchev–Trinajstić information content (AvgIpc) is 2.61. The van der Waals surface area contributed by atoms with E-state index in [0.717, 1.165) is 27.9 Å². The molecule has 0 saturated carbocycles. The summed E-state index contributed by atoms with van der Waals surface area (Å²) in [7, 11) is 0. The van der Waals surface area contributed by atoms with E-state index in [1.165, 1.54) is 0 Å². The number of pyridine rings is 1. The van der Waals surface area contributed by atoms with Crippen LogP contribution >= 0.6 is 0 Å². The third-order valence-corrected chi connectivity index (χ3v) is 3.46. The third kappa shape index (κ3) is 2.82. The van der Waals surface area contributed by atoms with Gasteiger partial charge in [0.1, 0.15) is 0 Å². The molecule has 3 aromatic rings. The van der Waals surface area contributed by atoms with Crippen LogP contribution in [-0.4, -0.2) is 4.98 Å². The van der Waals surface area contributed by atoms with E-state index in [4.69, 9.17) is 5.53 Å². The van der Waals surface area contributed by atoms with Gasteiger partial charge in [-0.05, 0) is 28.3 Å². The summed E-state index contributed by atoms with van der Waals surface area (Å²) in [6.45, 7) is 0.238. The van der Waals surface area contributed by atoms with Gasteiger partial charge in [-0.2, -0.15) is 0 Å². The second-order valence-electron chi connectivity index (χ2n) is 4.80. The predicted molar refractivity (Wildman–Crippen MR) is 88.0 cm³/mol. The lowest BCUT2D eigenvalue weighted by Gasteiger charge is -2.13. The van der Waals surface area contributed by atoms with Crippen molar-refractivity contribution in [2.45, 2.75) is 6.54 Å². The van der Waals surface area contributed by atoms with E-state index in [0.29, 0.717) is 0 Å². The molecule has 3 rings (SSSR count). The zero-order chi connectivity index (χ0) is 15.2. The minimum Gasteiger partial charge on any atom is -0.260 e. The Hall–Kier alpha value is -3.10. The van der Waals surface area contributed by atoms with Crippen molar-refractivity contribution in [3.8, 4) is 22.3 Å². The lowest BCUT2D eigenvalue weighted by atomic mass is 9.93. The van der Waals surface area contributed by atoms with Crippen LogP contribution in [0.25, 0.3) is 32.7 Å². The lowest BCUT2D eigenvalue weighted by molar-refractivity contribution is 0.980. The molecule has 106 valence electrons. The van der Waals surface area contributed by atoms with Crippen molar-refractivity contribution >= 4 is 0 Å². The van der Waals surface area contributed by atoms with Crippen molar-refractivity contribution < 1.29 is 0 Å². The summed E-state index contributed by atoms with van der Waals surface area (Å²) in [5.41, 5.74) is 13.7. The highest BCUT2D eigenvalue weighted by atomic mass is 15.1. The zero-order valence-corrected chi connectivity index (χ0v) is 11.9. The molecule has 0 radical (unpaired) electrons. The number of nitrogens with zero attached hydrogens (tertiary/aromatic N) is 4. The van der Waals surface area contributed by atoms with E-state index in [1.807, 2.05) is 54.6 Å². The molecule has 0 N–H and O–H groups in total. The van der Waals surface area contributed by atoms with Crippen molar-refractivity contribution in [3.63, 3.8) is 0 Å². The van der Waals surface area contributed by atoms with Gasteiger partial charge >= 0.3 is 0 Å². The molecular weight excluding hydrogens is 272 g/mol. The summed E-state index contributed by atoms with van der Waals surface area (Å²) in [6.07, 6.45) is 1.76. The van der Waals surface area contributed by atoms with Crippen molar-refractivity contribution in [2.24, 2.45) is 5.11 Å². The highest BCUT2D eigenvalue weighted by molar-refractivity contribution is 5.84. The fourth-order valence-electron chi connectivity index (χ4n) is 2.51. The van der Waals surface area contributed by atoms with Crippen molar-refractivity contribution in [1.82, 2.24) is 4.98 Å². The quantitative estimate of drug-likeness (QED) is 0.368. The van der Waals surface area contributed by atoms with Gasteiger partial charge in [-0.3, -0.25) is 4.98 Å². The summed E-state index contributed by atoms with van der Waals surface area (Å²) in [5.74, 6) is 0. The number of hydrogen-bond acceptors (Lipinski definition) is 2. The zero-order valence-electron chi connectivity index (χ0n) is 11.9. The molecule has 0 saturated heterocycles. The largest absolute Gasteiger partial charge is 0.260 e. The van der Waals surface area contributed by atoms with Gasteiger partial charge in [0.05, 0.1) is 12.2 Å². The summed E-state index contributed by atoms with van der Waals surface area (Å²) in [5, 5.41) is 3.68. The van der Waals surface area contributed by atoms with Gasteiger partial charge in [0.25, 0.3) is 0 Å². The number of rotatable bonds is 4. The molecule has 0 unspecified atom stereocenters. The number of hydrogen-bond donors (Lipinski definition) is 0. The van der Waals surface area contributed by atoms with Crippen molar-refractivity contribution in [3.05, 3.63) is 89.1 Å². The number of aromatic nitrogens is 1. The van der Waals surface area contributed by atoms with Crippen LogP contribution in [0.2, 0.25) is 0 Å². The van der Waals surface area contributed by atoms with Crippen LogP contribution in [0.3, 0.4) is 0 Å². The maximum Gasteiger partial charge on any atom is 0.0690 e. The first kappa shape index (κ1) is 13.9. The Balaban J connectivity index is 2.24. The van der Waals surface area contributed by atoms with Crippen LogP contribution in [0, 0.1) is 0 Å². The first-order valence-corrected chi connectivity index (χ1v) is 6.99. The predicted octanol–water partition coefficient (Wildman–Crippen LogP) is 5.23. The van der Waals surface area contributed by atoms with E-state index in [-0.39, 0.29) is 6.54 Å². The minimum absolute atomic E-state index is 0.238. The van der Waals surface area contributed by atoms with Crippen LogP contribution in [0.1, 0.15) is 5.69 Å². The SMILES string of the molecule is [N-]=[N+]=NCc1nccc(-c2ccccc2)c1-c1ccccc1. The summed E-state index contributed by atoms with van der Waals surface area (Å²) in [6, 6.07) is 22.2. The van der Waals surface area contributed by atoms with Crippen molar-refractivity contribution in [1.29, 1.82) is 0 Å². The number of azide groups is 1. The molecule has 0 spiro atoms. The maximum atomic E-state index is 8.61. The molecule has 2 aromatic carbocycles. The molecule has 22 heavy (non-hydrogen) atoms. The molecule has 0 atom stereocenters. The fraction of sp³-hybridized carbons (Fsp3) is 0.0556. The molecule has 0 bridgehead atoms. The van der Waals surface area contributed by atoms with Crippen molar-refractivity contribution in [2.75, 3.05) is 0 Å². The Morgan fingerprint density at radius 2 is 1.50 bits per heavy atom. The normalized spacial score (nSPS) is 10.0. The molecule has 0 fully saturated rings. The van der Waals surface area contributed by atoms with Crippen LogP contribution < -0.4 is 0 Å². The van der Waals surface area contributed by atoms with Gasteiger partial charge in [0.2, 0.25) is 0 Å². The van der Waals surface area contributed by atoms with E-state index in [2.05, 4.69) is 27.1 Å². The molecular formula is C18H14N4. The molecule has 0 aliphatic carbocycles. The smallest absolute Gasteiger partial charge is 0.0690 e. The second kappa shape index (κ2) is 6.57. The Morgan fingerprint density at radius 1 is 0.864 bits per heavy atom. The van der Waals surface area contributed by atoms with Gasteiger partial charge in [-0.1, -0.05) is 65.8 Å². The van der Waals surface area contributed by atoms with Crippen LogP contribution in [0.4, 0.5) is 0 Å². The standard InChI is InChI=1S/C18H14N4/c19-22-21-13-17-18(15-9-5-2-6-10-15)16(11-12-20-17)14-7-3-1-4-8-14/h1-12H,13H2. The number of benzene rings is 2. The minimum atomic E-state index is 0.238. The van der Waals surface area contributed by atoms with Gasteiger partial charge in [-0.15, -0.1) is 0 Å². The maximum absolute atomic E-state index is 8.61. The fourth-order valence-corrected chi connectivity index (χ4v) is 2.51. The second-order valence-corrected chi connectivity index (χ2v) is 4.80. The van der Waals surface area contributed by atoms with Crippen LogP contribution in [0.15, 0.2) is 78.0 Å². The first-order valence-electron chi connectivity index (χ1n) is 6.99. The molecule has 4 nitrogen and oxygen atoms in total. The monoisotopic (exact) mass is 286 g/mol. The Labute approximate surface area is 128 Å². The first-order chi connectivity index (χ1) is 10.9. The van der Waals surface area contributed by atoms with E-state index in [1.54, 1.807) is 6.20 Å². The molecule has 0 aliphatic rings. The molecule has 4 heteroatoms. The van der Waals surface area contributed by atoms with Gasteiger partial charge in [0.15, 0.2) is 0 Å². The highest BCUT2D eigenvalue weighted by Gasteiger charge is 2.12. The van der Waals surface area contributed by atoms with Crippen LogP contribution in [0.5, 0.6) is 0 Å². The van der Waals surface area contributed by atoms with E-state index < -0.39 is 0 Å². The van der Waals surface area contributed by atoms with Gasteiger partial charge < -0.3 is 0 Å². The highest BCUT2D eigenvalue weighted by Crippen LogP contribution is 2.34. The lowest BCUT2D eigenvalue weighted by Crippen LogP contribution is -1.95. The molecule has 0 amide bonds. The van der Waals surface area contributed by atoms with Gasteiger partial charge in [0, 0.05) is 16.7 Å². The average molecular weight is 286 g/mol. The topological polar surface area (TPSA) is 61.7 Å². The van der Waals surface area contributed by atoms with Crippen LogP contribution in [-0.2, 0) is 6.54 Å². The third-order valence-electron chi connectivity index (χ3n) is 3.46. The molecule has 0 aliphatic heterocycles. The van der Waals surface area contributed by atoms with E-state index >= 15 is 0 Å². The Morgan fingerprint density at radius 3 is 2.14 bits per heavy atom.